The van der Waals surface area contributed by atoms with Gasteiger partial charge in [0.2, 0.25) is 0 Å². The van der Waals surface area contributed by atoms with Crippen molar-refractivity contribution in [2.75, 3.05) is 26.7 Å². The maximum absolute atomic E-state index is 12.2. The van der Waals surface area contributed by atoms with Gasteiger partial charge in [0.25, 0.3) is 11.5 Å². The SMILES string of the molecule is CC(=O)c1cc(C(=O)NCC[C@@H]2CCCN(C)C2)c(=O)[nH]c1C. The third-order valence-corrected chi connectivity index (χ3v) is 4.42. The van der Waals surface area contributed by atoms with E-state index in [1.54, 1.807) is 6.92 Å². The molecule has 0 aromatic carbocycles. The average Bonchev–Trinajstić information content (AvgIpc) is 2.46. The summed E-state index contributed by atoms with van der Waals surface area (Å²) in [6, 6.07) is 1.39. The Balaban J connectivity index is 1.97. The van der Waals surface area contributed by atoms with Gasteiger partial charge in [0.1, 0.15) is 5.56 Å². The standard InChI is InChI=1S/C17H25N3O3/c1-11-14(12(2)21)9-15(17(23)19-11)16(22)18-7-6-13-5-4-8-20(3)10-13/h9,13H,4-8,10H2,1-3H3,(H,18,22)(H,19,23)/t13-/m0/s1. The van der Waals surface area contributed by atoms with Crippen LogP contribution in [-0.2, 0) is 0 Å². The van der Waals surface area contributed by atoms with Gasteiger partial charge in [0.05, 0.1) is 0 Å². The second kappa shape index (κ2) is 7.55. The maximum atomic E-state index is 12.2. The van der Waals surface area contributed by atoms with Crippen LogP contribution in [-0.4, -0.2) is 48.3 Å². The zero-order valence-corrected chi connectivity index (χ0v) is 14.1. The molecule has 126 valence electrons. The Labute approximate surface area is 136 Å². The molecular formula is C17H25N3O3. The van der Waals surface area contributed by atoms with E-state index in [2.05, 4.69) is 22.2 Å². The van der Waals surface area contributed by atoms with Crippen LogP contribution in [0.25, 0.3) is 0 Å². The van der Waals surface area contributed by atoms with Gasteiger partial charge >= 0.3 is 0 Å². The van der Waals surface area contributed by atoms with Crippen molar-refractivity contribution in [3.63, 3.8) is 0 Å². The fraction of sp³-hybridized carbons (Fsp3) is 0.588. The molecule has 1 fully saturated rings. The molecule has 1 aliphatic heterocycles. The van der Waals surface area contributed by atoms with E-state index < -0.39 is 11.5 Å². The minimum absolute atomic E-state index is 0.00145. The molecule has 2 N–H and O–H groups in total. The number of nitrogens with one attached hydrogen (secondary N) is 2. The number of nitrogens with zero attached hydrogens (tertiary/aromatic N) is 1. The second-order valence-electron chi connectivity index (χ2n) is 6.42. The summed E-state index contributed by atoms with van der Waals surface area (Å²) in [7, 11) is 2.11. The number of likely N-dealkylation sites (tertiary alicyclic amines) is 1. The fourth-order valence-electron chi connectivity index (χ4n) is 3.15. The Morgan fingerprint density at radius 2 is 2.13 bits per heavy atom. The first-order chi connectivity index (χ1) is 10.9. The largest absolute Gasteiger partial charge is 0.352 e. The van der Waals surface area contributed by atoms with Crippen LogP contribution < -0.4 is 10.9 Å². The molecule has 2 heterocycles. The van der Waals surface area contributed by atoms with Crippen molar-refractivity contribution in [2.45, 2.75) is 33.1 Å². The summed E-state index contributed by atoms with van der Waals surface area (Å²) in [6.45, 7) is 5.80. The highest BCUT2D eigenvalue weighted by molar-refractivity contribution is 5.99. The van der Waals surface area contributed by atoms with Gasteiger partial charge in [-0.2, -0.15) is 0 Å². The van der Waals surface area contributed by atoms with E-state index in [1.807, 2.05) is 0 Å². The van der Waals surface area contributed by atoms with Crippen molar-refractivity contribution in [3.8, 4) is 0 Å². The summed E-state index contributed by atoms with van der Waals surface area (Å²) in [6.07, 6.45) is 3.27. The Morgan fingerprint density at radius 1 is 1.39 bits per heavy atom. The molecule has 1 saturated heterocycles. The van der Waals surface area contributed by atoms with Crippen LogP contribution >= 0.6 is 0 Å². The van der Waals surface area contributed by atoms with Crippen LogP contribution in [0.5, 0.6) is 0 Å². The fourth-order valence-corrected chi connectivity index (χ4v) is 3.15. The Kier molecular flexibility index (Phi) is 5.71. The topological polar surface area (TPSA) is 82.3 Å². The second-order valence-corrected chi connectivity index (χ2v) is 6.42. The summed E-state index contributed by atoms with van der Waals surface area (Å²) in [5.41, 5.74) is 0.414. The number of Topliss-reactive ketones (excluding diaryl/α,β-unsaturated/α-hetero) is 1. The number of hydrogen-bond acceptors (Lipinski definition) is 4. The predicted octanol–water partition coefficient (Wildman–Crippen LogP) is 1.35. The van der Waals surface area contributed by atoms with Crippen molar-refractivity contribution in [1.82, 2.24) is 15.2 Å². The number of carbonyl (C=O) groups is 2. The van der Waals surface area contributed by atoms with E-state index in [0.717, 1.165) is 19.5 Å². The molecule has 0 unspecified atom stereocenters. The highest BCUT2D eigenvalue weighted by Gasteiger charge is 2.18. The van der Waals surface area contributed by atoms with Gasteiger partial charge in [-0.15, -0.1) is 0 Å². The van der Waals surface area contributed by atoms with E-state index in [0.29, 0.717) is 23.7 Å². The average molecular weight is 319 g/mol. The summed E-state index contributed by atoms with van der Waals surface area (Å²) in [5, 5.41) is 2.80. The highest BCUT2D eigenvalue weighted by atomic mass is 16.2. The van der Waals surface area contributed by atoms with Gasteiger partial charge in [-0.3, -0.25) is 14.4 Å². The molecule has 0 bridgehead atoms. The third kappa shape index (κ3) is 4.51. The lowest BCUT2D eigenvalue weighted by molar-refractivity contribution is 0.0946. The predicted molar refractivity (Wildman–Crippen MR) is 89.0 cm³/mol. The quantitative estimate of drug-likeness (QED) is 0.803. The van der Waals surface area contributed by atoms with Crippen molar-refractivity contribution in [2.24, 2.45) is 5.92 Å². The molecule has 0 radical (unpaired) electrons. The van der Waals surface area contributed by atoms with Crippen molar-refractivity contribution >= 4 is 11.7 Å². The van der Waals surface area contributed by atoms with Crippen molar-refractivity contribution < 1.29 is 9.59 Å². The van der Waals surface area contributed by atoms with E-state index in [4.69, 9.17) is 0 Å². The van der Waals surface area contributed by atoms with Gasteiger partial charge < -0.3 is 15.2 Å². The molecule has 0 saturated carbocycles. The highest BCUT2D eigenvalue weighted by Crippen LogP contribution is 2.17. The van der Waals surface area contributed by atoms with Crippen LogP contribution in [0.2, 0.25) is 0 Å². The molecule has 1 aromatic rings. The lowest BCUT2D eigenvalue weighted by atomic mass is 9.95. The Morgan fingerprint density at radius 3 is 2.78 bits per heavy atom. The number of piperidine rings is 1. The van der Waals surface area contributed by atoms with Gasteiger partial charge in [-0.25, -0.2) is 0 Å². The van der Waals surface area contributed by atoms with Crippen LogP contribution in [0.15, 0.2) is 10.9 Å². The maximum Gasteiger partial charge on any atom is 0.261 e. The van der Waals surface area contributed by atoms with E-state index in [1.165, 1.54) is 25.8 Å². The first-order valence-corrected chi connectivity index (χ1v) is 8.10. The monoisotopic (exact) mass is 319 g/mol. The molecule has 2 rings (SSSR count). The molecule has 6 nitrogen and oxygen atoms in total. The molecule has 0 aliphatic carbocycles. The number of aryl methyl sites for hydroxylation is 1. The number of rotatable bonds is 5. The normalized spacial score (nSPS) is 18.7. The molecule has 1 amide bonds. The lowest BCUT2D eigenvalue weighted by Gasteiger charge is -2.29. The lowest BCUT2D eigenvalue weighted by Crippen LogP contribution is -2.35. The number of pyridine rings is 1. The molecule has 0 spiro atoms. The van der Waals surface area contributed by atoms with E-state index >= 15 is 0 Å². The molecule has 6 heteroatoms. The molecule has 1 aliphatic rings. The number of aromatic nitrogens is 1. The summed E-state index contributed by atoms with van der Waals surface area (Å²) >= 11 is 0. The van der Waals surface area contributed by atoms with Crippen LogP contribution in [0.4, 0.5) is 0 Å². The van der Waals surface area contributed by atoms with Gasteiger partial charge in [-0.05, 0) is 58.7 Å². The van der Waals surface area contributed by atoms with Crippen LogP contribution in [0.3, 0.4) is 0 Å². The van der Waals surface area contributed by atoms with Crippen LogP contribution in [0.1, 0.15) is 52.6 Å². The minimum Gasteiger partial charge on any atom is -0.352 e. The number of carbonyl (C=O) groups excluding carboxylic acids is 2. The third-order valence-electron chi connectivity index (χ3n) is 4.42. The number of hydrogen-bond donors (Lipinski definition) is 2. The summed E-state index contributed by atoms with van der Waals surface area (Å²) in [4.78, 5) is 40.6. The van der Waals surface area contributed by atoms with E-state index in [-0.39, 0.29) is 11.3 Å². The van der Waals surface area contributed by atoms with Crippen molar-refractivity contribution in [3.05, 3.63) is 33.2 Å². The number of ketones is 1. The molecule has 1 atom stereocenters. The van der Waals surface area contributed by atoms with Crippen LogP contribution in [0, 0.1) is 12.8 Å². The first kappa shape index (κ1) is 17.4. The zero-order valence-electron chi connectivity index (χ0n) is 14.1. The number of amides is 1. The molecular weight excluding hydrogens is 294 g/mol. The molecule has 23 heavy (non-hydrogen) atoms. The Hall–Kier alpha value is -1.95. The summed E-state index contributed by atoms with van der Waals surface area (Å²) < 4.78 is 0. The van der Waals surface area contributed by atoms with Gasteiger partial charge in [0, 0.05) is 24.3 Å². The minimum atomic E-state index is -0.456. The zero-order chi connectivity index (χ0) is 17.0. The first-order valence-electron chi connectivity index (χ1n) is 8.10. The smallest absolute Gasteiger partial charge is 0.261 e. The number of aromatic amines is 1. The number of H-pyrrole nitrogens is 1. The van der Waals surface area contributed by atoms with Gasteiger partial charge in [-0.1, -0.05) is 0 Å². The Bertz CT molecular complexity index is 651. The molecule has 1 aromatic heterocycles. The van der Waals surface area contributed by atoms with Gasteiger partial charge in [0.15, 0.2) is 5.78 Å². The van der Waals surface area contributed by atoms with E-state index in [9.17, 15) is 14.4 Å². The summed E-state index contributed by atoms with van der Waals surface area (Å²) in [5.74, 6) is -0.00547. The van der Waals surface area contributed by atoms with Crippen molar-refractivity contribution in [1.29, 1.82) is 0 Å².